The van der Waals surface area contributed by atoms with Gasteiger partial charge in [-0.15, -0.1) is 0 Å². The zero-order valence-electron chi connectivity index (χ0n) is 32.6. The number of aromatic nitrogens is 1. The predicted octanol–water partition coefficient (Wildman–Crippen LogP) is 10.3. The normalized spacial score (nSPS) is 14.5. The summed E-state index contributed by atoms with van der Waals surface area (Å²) in [5.74, 6) is 0. The minimum Gasteiger partial charge on any atom is 0.0453 e. The van der Waals surface area contributed by atoms with Gasteiger partial charge < -0.3 is 0 Å². The molecule has 8 aromatic carbocycles. The number of hydrogen-bond acceptors (Lipinski definition) is 4. The number of hydrogen-bond donors (Lipinski definition) is 0. The molecule has 5 heteroatoms. The molecule has 2 spiro atoms. The van der Waals surface area contributed by atoms with Crippen LogP contribution in [0.4, 0.5) is 34.1 Å². The molecule has 12 rings (SSSR count). The summed E-state index contributed by atoms with van der Waals surface area (Å²) >= 11 is -3.81. The molecule has 0 saturated heterocycles. The SMILES string of the molecule is N#Cc1ccc(-c2ccc(N3c4ccccc4C4(c5ccccc53)c3cccc[c]3[Ge]3([c]5ccccc5N(c5ccccc5)c5cccc[c]53)[c]3ccccc34)cc2)nc1. The molecule has 9 aromatic rings. The molecule has 1 aromatic heterocycles. The summed E-state index contributed by atoms with van der Waals surface area (Å²) < 4.78 is 5.85. The number of benzene rings is 8. The van der Waals surface area contributed by atoms with Crippen molar-refractivity contribution in [1.82, 2.24) is 4.98 Å². The monoisotopic (exact) mass is 826 g/mol. The first-order valence-electron chi connectivity index (χ1n) is 20.4. The van der Waals surface area contributed by atoms with Gasteiger partial charge in [-0.1, -0.05) is 0 Å². The van der Waals surface area contributed by atoms with Gasteiger partial charge >= 0.3 is 325 Å². The van der Waals surface area contributed by atoms with Crippen LogP contribution in [-0.2, 0) is 5.41 Å². The third kappa shape index (κ3) is 4.58. The van der Waals surface area contributed by atoms with E-state index >= 15 is 0 Å². The Morgan fingerprint density at radius 1 is 0.400 bits per heavy atom. The molecule has 280 valence electrons. The van der Waals surface area contributed by atoms with Gasteiger partial charge in [0.25, 0.3) is 0 Å². The molecule has 60 heavy (non-hydrogen) atoms. The number of nitrogens with zero attached hydrogens (tertiary/aromatic N) is 4. The van der Waals surface area contributed by atoms with Gasteiger partial charge in [0.2, 0.25) is 0 Å². The minimum atomic E-state index is -3.81. The second-order valence-corrected chi connectivity index (χ2v) is 23.4. The van der Waals surface area contributed by atoms with E-state index in [4.69, 9.17) is 0 Å². The van der Waals surface area contributed by atoms with E-state index in [2.05, 4.69) is 221 Å². The van der Waals surface area contributed by atoms with E-state index in [-0.39, 0.29) is 0 Å². The van der Waals surface area contributed by atoms with Crippen molar-refractivity contribution in [1.29, 1.82) is 5.26 Å². The van der Waals surface area contributed by atoms with Crippen molar-refractivity contribution in [3.05, 3.63) is 246 Å². The van der Waals surface area contributed by atoms with Crippen molar-refractivity contribution in [3.63, 3.8) is 0 Å². The molecule has 0 bridgehead atoms. The molecule has 0 N–H and O–H groups in total. The Hall–Kier alpha value is -7.46. The molecule has 3 aliphatic rings. The second kappa shape index (κ2) is 13.3. The zero-order valence-corrected chi connectivity index (χ0v) is 34.7. The van der Waals surface area contributed by atoms with E-state index in [1.165, 1.54) is 56.9 Å². The van der Waals surface area contributed by atoms with Gasteiger partial charge in [-0.3, -0.25) is 0 Å². The van der Waals surface area contributed by atoms with Crippen molar-refractivity contribution in [2.75, 3.05) is 9.80 Å². The minimum absolute atomic E-state index is 0.553. The number of nitriles is 1. The fourth-order valence-corrected chi connectivity index (χ4v) is 22.6. The first kappa shape index (κ1) is 34.6. The Kier molecular flexibility index (Phi) is 7.66. The van der Waals surface area contributed by atoms with Crippen molar-refractivity contribution in [3.8, 4) is 17.3 Å². The Labute approximate surface area is 352 Å². The molecule has 0 aliphatic carbocycles. The number of fused-ring (bicyclic) bond motifs is 14. The van der Waals surface area contributed by atoms with Crippen LogP contribution in [0.5, 0.6) is 0 Å². The quantitative estimate of drug-likeness (QED) is 0.167. The van der Waals surface area contributed by atoms with Gasteiger partial charge in [-0.25, -0.2) is 0 Å². The topological polar surface area (TPSA) is 43.2 Å². The van der Waals surface area contributed by atoms with E-state index in [0.717, 1.165) is 28.3 Å². The molecular formula is C55H36GeN4. The zero-order chi connectivity index (χ0) is 39.8. The molecule has 0 fully saturated rings. The van der Waals surface area contributed by atoms with Gasteiger partial charge in [-0.2, -0.15) is 5.26 Å². The molecule has 0 unspecified atom stereocenters. The van der Waals surface area contributed by atoms with Crippen LogP contribution in [0.15, 0.2) is 219 Å². The summed E-state index contributed by atoms with van der Waals surface area (Å²) in [6.45, 7) is 0. The molecule has 0 saturated carbocycles. The van der Waals surface area contributed by atoms with Crippen LogP contribution in [-0.4, -0.2) is 18.3 Å². The van der Waals surface area contributed by atoms with Crippen molar-refractivity contribution < 1.29 is 0 Å². The van der Waals surface area contributed by atoms with Crippen LogP contribution >= 0.6 is 0 Å². The first-order valence-corrected chi connectivity index (χ1v) is 24.6. The average molecular weight is 826 g/mol. The van der Waals surface area contributed by atoms with Crippen LogP contribution in [0.3, 0.4) is 0 Å². The van der Waals surface area contributed by atoms with E-state index in [0.29, 0.717) is 5.56 Å². The Morgan fingerprint density at radius 2 is 0.833 bits per heavy atom. The van der Waals surface area contributed by atoms with E-state index in [1.54, 1.807) is 6.20 Å². The molecule has 0 radical (unpaired) electrons. The second-order valence-electron chi connectivity index (χ2n) is 15.8. The molecule has 0 amide bonds. The number of anilines is 6. The van der Waals surface area contributed by atoms with E-state index < -0.39 is 18.7 Å². The Morgan fingerprint density at radius 3 is 1.35 bits per heavy atom. The van der Waals surface area contributed by atoms with Crippen LogP contribution in [0.25, 0.3) is 11.3 Å². The Balaban J connectivity index is 1.14. The van der Waals surface area contributed by atoms with Crippen molar-refractivity contribution in [2.24, 2.45) is 0 Å². The van der Waals surface area contributed by atoms with Crippen LogP contribution < -0.4 is 27.4 Å². The molecule has 4 nitrogen and oxygen atoms in total. The molecule has 0 atom stereocenters. The van der Waals surface area contributed by atoms with Crippen molar-refractivity contribution >= 4 is 65.0 Å². The van der Waals surface area contributed by atoms with Gasteiger partial charge in [0.15, 0.2) is 0 Å². The molecular weight excluding hydrogens is 789 g/mol. The fraction of sp³-hybridized carbons (Fsp3) is 0.0182. The number of rotatable bonds is 3. The van der Waals surface area contributed by atoms with Crippen LogP contribution in [0.2, 0.25) is 0 Å². The van der Waals surface area contributed by atoms with Crippen LogP contribution in [0.1, 0.15) is 27.8 Å². The fourth-order valence-electron chi connectivity index (χ4n) is 10.8. The summed E-state index contributed by atoms with van der Waals surface area (Å²) in [4.78, 5) is 9.51. The maximum absolute atomic E-state index is 9.34. The maximum atomic E-state index is 9.34. The average Bonchev–Trinajstić information content (AvgIpc) is 3.33. The summed E-state index contributed by atoms with van der Waals surface area (Å²) in [6, 6.07) is 80.9. The van der Waals surface area contributed by atoms with Crippen LogP contribution in [0, 0.1) is 11.3 Å². The third-order valence-electron chi connectivity index (χ3n) is 13.0. The number of para-hydroxylation sites is 5. The summed E-state index contributed by atoms with van der Waals surface area (Å²) in [5, 5.41) is 9.34. The van der Waals surface area contributed by atoms with Gasteiger partial charge in [0, 0.05) is 6.20 Å². The molecule has 4 heterocycles. The predicted molar refractivity (Wildman–Crippen MR) is 246 cm³/mol. The number of pyridine rings is 1. The van der Waals surface area contributed by atoms with E-state index in [1.807, 2.05) is 12.1 Å². The first-order chi connectivity index (χ1) is 29.7. The summed E-state index contributed by atoms with van der Waals surface area (Å²) in [7, 11) is 0. The summed E-state index contributed by atoms with van der Waals surface area (Å²) in [6.07, 6.45) is 1.64. The van der Waals surface area contributed by atoms with E-state index in [9.17, 15) is 5.26 Å². The summed E-state index contributed by atoms with van der Waals surface area (Å²) in [5.41, 5.74) is 14.1. The smallest absolute Gasteiger partial charge is 0.0453 e. The van der Waals surface area contributed by atoms with Gasteiger partial charge in [-0.05, 0) is 6.07 Å². The third-order valence-corrected chi connectivity index (χ3v) is 23.4. The Bertz CT molecular complexity index is 3040. The van der Waals surface area contributed by atoms with Gasteiger partial charge in [0.05, 0.1) is 5.56 Å². The van der Waals surface area contributed by atoms with Gasteiger partial charge in [0.1, 0.15) is 6.07 Å². The van der Waals surface area contributed by atoms with Crippen molar-refractivity contribution in [2.45, 2.75) is 5.41 Å². The molecule has 3 aliphatic heterocycles. The standard InChI is InChI=1S/C55H36GeN4/c57-36-38-30-35-50(58-37-38)39-31-33-41(34-32-39)59-51-26-12-6-20-44(51)55(45-21-7-13-27-52(45)59)42-18-4-8-22-46(42)56(47-23-9-5-19-43(47)55)48-24-10-14-28-53(48)60(40-16-2-1-3-17-40)54-29-15-11-25-49(54)56/h1-35,37H.